The molecule has 2 aromatic carbocycles. The van der Waals surface area contributed by atoms with Gasteiger partial charge in [-0.3, -0.25) is 19.3 Å². The fourth-order valence-electron chi connectivity index (χ4n) is 2.69. The fraction of sp³-hybridized carbons (Fsp3) is 0.0909. The van der Waals surface area contributed by atoms with Crippen molar-refractivity contribution in [1.29, 1.82) is 5.26 Å². The first-order valence-electron chi connectivity index (χ1n) is 8.94. The van der Waals surface area contributed by atoms with Crippen LogP contribution in [0.1, 0.15) is 16.7 Å². The predicted octanol–water partition coefficient (Wildman–Crippen LogP) is 3.56. The maximum Gasteiger partial charge on any atom is 0.293 e. The highest BCUT2D eigenvalue weighted by Gasteiger charge is 2.34. The van der Waals surface area contributed by atoms with Crippen LogP contribution in [0.2, 0.25) is 0 Å². The number of hydrogen-bond acceptors (Lipinski definition) is 5. The van der Waals surface area contributed by atoms with E-state index in [1.807, 2.05) is 6.07 Å². The van der Waals surface area contributed by atoms with Crippen LogP contribution in [0, 0.1) is 17.1 Å². The summed E-state index contributed by atoms with van der Waals surface area (Å²) in [6.07, 6.45) is 4.14. The third kappa shape index (κ3) is 5.01. The van der Waals surface area contributed by atoms with E-state index in [0.717, 1.165) is 16.7 Å². The molecule has 150 valence electrons. The van der Waals surface area contributed by atoms with E-state index in [0.29, 0.717) is 11.1 Å². The number of rotatable bonds is 6. The van der Waals surface area contributed by atoms with Crippen molar-refractivity contribution < 1.29 is 18.8 Å². The zero-order valence-corrected chi connectivity index (χ0v) is 16.5. The van der Waals surface area contributed by atoms with Crippen molar-refractivity contribution in [3.63, 3.8) is 0 Å². The zero-order chi connectivity index (χ0) is 21.5. The van der Waals surface area contributed by atoms with Crippen LogP contribution >= 0.6 is 11.8 Å². The molecule has 30 heavy (non-hydrogen) atoms. The lowest BCUT2D eigenvalue weighted by molar-refractivity contribution is -0.123. The van der Waals surface area contributed by atoms with E-state index in [1.165, 1.54) is 36.4 Å². The van der Waals surface area contributed by atoms with Crippen LogP contribution in [0.4, 0.5) is 9.18 Å². The Morgan fingerprint density at radius 2 is 1.83 bits per heavy atom. The first-order valence-corrected chi connectivity index (χ1v) is 9.76. The van der Waals surface area contributed by atoms with Crippen molar-refractivity contribution in [2.45, 2.75) is 0 Å². The maximum absolute atomic E-state index is 13.8. The van der Waals surface area contributed by atoms with E-state index in [4.69, 9.17) is 5.26 Å². The summed E-state index contributed by atoms with van der Waals surface area (Å²) >= 11 is 0.730. The van der Waals surface area contributed by atoms with Gasteiger partial charge in [-0.1, -0.05) is 36.4 Å². The topological polar surface area (TPSA) is 90.3 Å². The molecule has 1 aliphatic rings. The Labute approximate surface area is 176 Å². The normalized spacial score (nSPS) is 15.1. The number of imide groups is 1. The SMILES string of the molecule is N#Cc1ccccc1/C=C/C(=O)NCCN1C(=O)S/C(=C\c2ccccc2F)C1=O. The highest BCUT2D eigenvalue weighted by Crippen LogP contribution is 2.32. The van der Waals surface area contributed by atoms with Gasteiger partial charge in [0.25, 0.3) is 11.1 Å². The third-order valence-corrected chi connectivity index (χ3v) is 5.10. The summed E-state index contributed by atoms with van der Waals surface area (Å²) in [7, 11) is 0. The summed E-state index contributed by atoms with van der Waals surface area (Å²) in [5.41, 5.74) is 1.28. The molecule has 1 saturated heterocycles. The second kappa shape index (κ2) is 9.67. The van der Waals surface area contributed by atoms with Crippen LogP contribution in [0.3, 0.4) is 0 Å². The van der Waals surface area contributed by atoms with Gasteiger partial charge < -0.3 is 5.32 Å². The van der Waals surface area contributed by atoms with Crippen LogP contribution < -0.4 is 5.32 Å². The molecule has 2 aromatic rings. The van der Waals surface area contributed by atoms with Gasteiger partial charge in [-0.05, 0) is 41.6 Å². The van der Waals surface area contributed by atoms with E-state index >= 15 is 0 Å². The van der Waals surface area contributed by atoms with Gasteiger partial charge in [0.1, 0.15) is 5.82 Å². The second-order valence-electron chi connectivity index (χ2n) is 6.18. The molecule has 0 spiro atoms. The van der Waals surface area contributed by atoms with Crippen LogP contribution in [-0.2, 0) is 9.59 Å². The number of benzene rings is 2. The molecule has 1 aliphatic heterocycles. The molecule has 0 unspecified atom stereocenters. The van der Waals surface area contributed by atoms with E-state index in [2.05, 4.69) is 5.32 Å². The van der Waals surface area contributed by atoms with Crippen molar-refractivity contribution in [2.75, 3.05) is 13.1 Å². The summed E-state index contributed by atoms with van der Waals surface area (Å²) in [5, 5.41) is 11.2. The Morgan fingerprint density at radius 3 is 2.57 bits per heavy atom. The second-order valence-corrected chi connectivity index (χ2v) is 7.17. The first kappa shape index (κ1) is 21.0. The number of nitriles is 1. The molecule has 1 N–H and O–H groups in total. The molecule has 6 nitrogen and oxygen atoms in total. The molecule has 3 rings (SSSR count). The highest BCUT2D eigenvalue weighted by molar-refractivity contribution is 8.18. The minimum absolute atomic E-state index is 0.00631. The molecule has 0 aliphatic carbocycles. The Balaban J connectivity index is 1.56. The average molecular weight is 421 g/mol. The average Bonchev–Trinajstić information content (AvgIpc) is 3.01. The van der Waals surface area contributed by atoms with E-state index < -0.39 is 22.9 Å². The van der Waals surface area contributed by atoms with E-state index in [9.17, 15) is 18.8 Å². The monoisotopic (exact) mass is 421 g/mol. The predicted molar refractivity (Wildman–Crippen MR) is 112 cm³/mol. The van der Waals surface area contributed by atoms with Crippen molar-refractivity contribution >= 4 is 41.0 Å². The Morgan fingerprint density at radius 1 is 1.13 bits per heavy atom. The van der Waals surface area contributed by atoms with E-state index in [1.54, 1.807) is 30.3 Å². The number of carbonyl (C=O) groups excluding carboxylic acids is 3. The number of hydrogen-bond donors (Lipinski definition) is 1. The highest BCUT2D eigenvalue weighted by atomic mass is 32.2. The van der Waals surface area contributed by atoms with Crippen LogP contribution in [0.5, 0.6) is 0 Å². The Hall–Kier alpha value is -3.70. The largest absolute Gasteiger partial charge is 0.351 e. The van der Waals surface area contributed by atoms with Gasteiger partial charge >= 0.3 is 0 Å². The van der Waals surface area contributed by atoms with Crippen LogP contribution in [0.25, 0.3) is 12.2 Å². The summed E-state index contributed by atoms with van der Waals surface area (Å²) in [6, 6.07) is 14.8. The van der Waals surface area contributed by atoms with Gasteiger partial charge in [0.2, 0.25) is 5.91 Å². The summed E-state index contributed by atoms with van der Waals surface area (Å²) in [6.45, 7) is 0.0573. The minimum Gasteiger partial charge on any atom is -0.351 e. The van der Waals surface area contributed by atoms with Gasteiger partial charge in [-0.25, -0.2) is 4.39 Å². The molecular formula is C22H16FN3O3S. The summed E-state index contributed by atoms with van der Waals surface area (Å²) in [5.74, 6) is -1.43. The maximum atomic E-state index is 13.8. The van der Waals surface area contributed by atoms with Crippen molar-refractivity contribution in [2.24, 2.45) is 0 Å². The lowest BCUT2D eigenvalue weighted by Crippen LogP contribution is -2.36. The molecule has 0 saturated carbocycles. The van der Waals surface area contributed by atoms with E-state index in [-0.39, 0.29) is 23.6 Å². The molecule has 3 amide bonds. The molecule has 0 aromatic heterocycles. The van der Waals surface area contributed by atoms with Crippen molar-refractivity contribution in [3.05, 3.63) is 82.0 Å². The number of carbonyl (C=O) groups is 3. The minimum atomic E-state index is -0.527. The van der Waals surface area contributed by atoms with Crippen LogP contribution in [0.15, 0.2) is 59.5 Å². The molecular weight excluding hydrogens is 405 g/mol. The molecule has 0 bridgehead atoms. The number of nitrogens with one attached hydrogen (secondary N) is 1. The van der Waals surface area contributed by atoms with Gasteiger partial charge in [-0.15, -0.1) is 0 Å². The summed E-state index contributed by atoms with van der Waals surface area (Å²) in [4.78, 5) is 37.6. The lowest BCUT2D eigenvalue weighted by Gasteiger charge is -2.12. The van der Waals surface area contributed by atoms with Crippen LogP contribution in [-0.4, -0.2) is 35.0 Å². The van der Waals surface area contributed by atoms with Crippen molar-refractivity contribution in [1.82, 2.24) is 10.2 Å². The molecule has 0 atom stereocenters. The van der Waals surface area contributed by atoms with Gasteiger partial charge in [0.05, 0.1) is 16.5 Å². The van der Waals surface area contributed by atoms with Gasteiger partial charge in [0, 0.05) is 24.7 Å². The fourth-order valence-corrected chi connectivity index (χ4v) is 3.54. The number of nitrogens with zero attached hydrogens (tertiary/aromatic N) is 2. The Kier molecular flexibility index (Phi) is 6.78. The number of amides is 3. The number of thioether (sulfide) groups is 1. The summed E-state index contributed by atoms with van der Waals surface area (Å²) < 4.78 is 13.8. The smallest absolute Gasteiger partial charge is 0.293 e. The lowest BCUT2D eigenvalue weighted by atomic mass is 10.1. The standard InChI is InChI=1S/C22H16FN3O3S/c23-18-8-4-3-6-16(18)13-19-21(28)26(22(29)30-19)12-11-25-20(27)10-9-15-5-1-2-7-17(15)14-24/h1-10,13H,11-12H2,(H,25,27)/b10-9+,19-13-. The molecule has 8 heteroatoms. The quantitative estimate of drug-likeness (QED) is 0.721. The van der Waals surface area contributed by atoms with Gasteiger partial charge in [0.15, 0.2) is 0 Å². The first-order chi connectivity index (χ1) is 14.5. The van der Waals surface area contributed by atoms with Crippen molar-refractivity contribution in [3.8, 4) is 6.07 Å². The zero-order valence-electron chi connectivity index (χ0n) is 15.7. The molecule has 1 fully saturated rings. The van der Waals surface area contributed by atoms with Gasteiger partial charge in [-0.2, -0.15) is 5.26 Å². The molecule has 1 heterocycles. The third-order valence-electron chi connectivity index (χ3n) is 4.20. The number of halogens is 1. The molecule has 0 radical (unpaired) electrons. The Bertz CT molecular complexity index is 1100.